The van der Waals surface area contributed by atoms with Crippen LogP contribution in [-0.2, 0) is 0 Å². The molecular formula is C31H31N5O3. The number of amides is 1. The number of fused-ring (bicyclic) bond motifs is 2. The van der Waals surface area contributed by atoms with Crippen molar-refractivity contribution in [3.8, 4) is 17.2 Å². The highest BCUT2D eigenvalue weighted by Crippen LogP contribution is 2.46. The first-order chi connectivity index (χ1) is 19.2. The molecule has 8 nitrogen and oxygen atoms in total. The van der Waals surface area contributed by atoms with Crippen LogP contribution in [-0.4, -0.2) is 59.6 Å². The maximum absolute atomic E-state index is 13.7. The number of carbonyl (C=O) groups is 1. The minimum atomic E-state index is -0.336. The molecule has 8 heteroatoms. The molecule has 0 spiro atoms. The van der Waals surface area contributed by atoms with Crippen LogP contribution in [0.2, 0.25) is 0 Å². The minimum absolute atomic E-state index is 0.149. The molecule has 1 unspecified atom stereocenters. The van der Waals surface area contributed by atoms with Crippen LogP contribution in [0.4, 0.5) is 5.69 Å². The zero-order valence-electron chi connectivity index (χ0n) is 21.8. The second kappa shape index (κ2) is 9.85. The van der Waals surface area contributed by atoms with Gasteiger partial charge in [-0.25, -0.2) is 0 Å². The van der Waals surface area contributed by atoms with Gasteiger partial charge in [0.1, 0.15) is 11.1 Å². The third kappa shape index (κ3) is 4.25. The highest BCUT2D eigenvalue weighted by atomic mass is 16.5. The summed E-state index contributed by atoms with van der Waals surface area (Å²) < 4.78 is 8.44. The van der Waals surface area contributed by atoms with Crippen molar-refractivity contribution < 1.29 is 9.53 Å². The molecule has 4 aromatic rings. The second-order valence-electron chi connectivity index (χ2n) is 10.6. The van der Waals surface area contributed by atoms with Crippen molar-refractivity contribution >= 4 is 22.5 Å². The van der Waals surface area contributed by atoms with Crippen LogP contribution in [0.25, 0.3) is 16.6 Å². The van der Waals surface area contributed by atoms with Gasteiger partial charge in [0, 0.05) is 50.2 Å². The third-order valence-electron chi connectivity index (χ3n) is 8.23. The number of benzene rings is 2. The van der Waals surface area contributed by atoms with Gasteiger partial charge in [0.25, 0.3) is 5.91 Å². The number of nitrogens with zero attached hydrogens (tertiary/aromatic N) is 4. The first-order valence-corrected chi connectivity index (χ1v) is 13.8. The van der Waals surface area contributed by atoms with Crippen molar-refractivity contribution in [1.29, 1.82) is 0 Å². The number of likely N-dealkylation sites (tertiary alicyclic amines) is 1. The Morgan fingerprint density at radius 3 is 2.69 bits per heavy atom. The monoisotopic (exact) mass is 521 g/mol. The van der Waals surface area contributed by atoms with E-state index in [0.29, 0.717) is 34.9 Å². The van der Waals surface area contributed by atoms with E-state index in [2.05, 4.69) is 26.2 Å². The first-order valence-electron chi connectivity index (χ1n) is 13.8. The van der Waals surface area contributed by atoms with Gasteiger partial charge in [-0.3, -0.25) is 14.6 Å². The van der Waals surface area contributed by atoms with E-state index in [1.165, 1.54) is 12.8 Å². The van der Waals surface area contributed by atoms with Crippen molar-refractivity contribution in [1.82, 2.24) is 19.8 Å². The number of nitrogens with one attached hydrogen (secondary N) is 1. The summed E-state index contributed by atoms with van der Waals surface area (Å²) in [4.78, 5) is 36.1. The zero-order chi connectivity index (χ0) is 26.3. The van der Waals surface area contributed by atoms with Crippen LogP contribution >= 0.6 is 0 Å². The molecule has 2 aromatic heterocycles. The number of pyridine rings is 2. The Hall–Kier alpha value is -4.17. The van der Waals surface area contributed by atoms with Crippen LogP contribution in [0.15, 0.2) is 71.8 Å². The molecular weight excluding hydrogens is 490 g/mol. The van der Waals surface area contributed by atoms with Crippen molar-refractivity contribution in [2.45, 2.75) is 25.2 Å². The predicted molar refractivity (Wildman–Crippen MR) is 151 cm³/mol. The molecule has 2 saturated heterocycles. The van der Waals surface area contributed by atoms with Gasteiger partial charge in [-0.15, -0.1) is 0 Å². The van der Waals surface area contributed by atoms with E-state index in [4.69, 9.17) is 4.74 Å². The number of hydrogen-bond acceptors (Lipinski definition) is 6. The summed E-state index contributed by atoms with van der Waals surface area (Å²) in [5.74, 6) is 1.35. The molecule has 5 heterocycles. The normalized spacial score (nSPS) is 18.3. The lowest BCUT2D eigenvalue weighted by Gasteiger charge is -2.29. The fourth-order valence-electron chi connectivity index (χ4n) is 6.20. The van der Waals surface area contributed by atoms with E-state index in [0.717, 1.165) is 56.2 Å². The van der Waals surface area contributed by atoms with Gasteiger partial charge in [0.2, 0.25) is 5.43 Å². The molecule has 198 valence electrons. The largest absolute Gasteiger partial charge is 0.451 e. The first kappa shape index (κ1) is 23.9. The van der Waals surface area contributed by atoms with Crippen LogP contribution in [0.5, 0.6) is 11.5 Å². The number of hydrogen-bond donors (Lipinski definition) is 1. The van der Waals surface area contributed by atoms with Crippen molar-refractivity contribution in [2.75, 3.05) is 44.2 Å². The van der Waals surface area contributed by atoms with Crippen LogP contribution in [0.1, 0.15) is 41.2 Å². The molecule has 1 atom stereocenters. The number of anilines is 1. The fourth-order valence-corrected chi connectivity index (χ4v) is 6.20. The fraction of sp³-hybridized carbons (Fsp3) is 0.323. The Labute approximate surface area is 226 Å². The number of aromatic nitrogens is 2. The summed E-state index contributed by atoms with van der Waals surface area (Å²) in [6.45, 7) is 5.15. The Kier molecular flexibility index (Phi) is 6.04. The van der Waals surface area contributed by atoms with Gasteiger partial charge in [0.15, 0.2) is 11.5 Å². The quantitative estimate of drug-likeness (QED) is 0.359. The smallest absolute Gasteiger partial charge is 0.256 e. The molecule has 0 saturated carbocycles. The van der Waals surface area contributed by atoms with Crippen LogP contribution < -0.4 is 20.4 Å². The maximum atomic E-state index is 13.7. The van der Waals surface area contributed by atoms with E-state index in [9.17, 15) is 9.59 Å². The molecule has 2 aromatic carbocycles. The van der Waals surface area contributed by atoms with E-state index in [-0.39, 0.29) is 16.9 Å². The van der Waals surface area contributed by atoms with Crippen molar-refractivity contribution in [3.63, 3.8) is 0 Å². The highest BCUT2D eigenvalue weighted by Gasteiger charge is 2.31. The lowest BCUT2D eigenvalue weighted by Crippen LogP contribution is -2.36. The standard InChI is InChI=1S/C31H31N5O3/c37-29-22-10-11-26(35-17-12-21(19-35)24-7-3-4-13-32-24)30-28(22)36(25-8-1-2-9-27(25)39-30)20-23(29)31(38)33-14-18-34-15-5-6-16-34/h1-4,7-11,13,20-21H,5-6,12,14-19H2,(H,33,38). The van der Waals surface area contributed by atoms with Gasteiger partial charge < -0.3 is 24.4 Å². The molecule has 1 N–H and O–H groups in total. The minimum Gasteiger partial charge on any atom is -0.451 e. The van der Waals surface area contributed by atoms with Gasteiger partial charge in [-0.1, -0.05) is 18.2 Å². The van der Waals surface area contributed by atoms with E-state index >= 15 is 0 Å². The molecule has 2 fully saturated rings. The molecule has 0 radical (unpaired) electrons. The summed E-state index contributed by atoms with van der Waals surface area (Å²) in [7, 11) is 0. The number of para-hydroxylation sites is 2. The van der Waals surface area contributed by atoms with Crippen molar-refractivity contribution in [3.05, 3.63) is 88.5 Å². The zero-order valence-corrected chi connectivity index (χ0v) is 21.8. The molecule has 1 amide bonds. The topological polar surface area (TPSA) is 79.7 Å². The predicted octanol–water partition coefficient (Wildman–Crippen LogP) is 4.31. The number of rotatable bonds is 6. The van der Waals surface area contributed by atoms with Gasteiger partial charge in [-0.2, -0.15) is 0 Å². The average Bonchev–Trinajstić information content (AvgIpc) is 3.68. The lowest BCUT2D eigenvalue weighted by molar-refractivity contribution is 0.0948. The van der Waals surface area contributed by atoms with Gasteiger partial charge >= 0.3 is 0 Å². The molecule has 3 aliphatic heterocycles. The summed E-state index contributed by atoms with van der Waals surface area (Å²) in [5.41, 5.74) is 3.43. The molecule has 7 rings (SSSR count). The Morgan fingerprint density at radius 1 is 1.00 bits per heavy atom. The third-order valence-corrected chi connectivity index (χ3v) is 8.23. The van der Waals surface area contributed by atoms with E-state index in [1.54, 1.807) is 6.20 Å². The molecule has 0 aliphatic carbocycles. The van der Waals surface area contributed by atoms with Gasteiger partial charge in [0.05, 0.1) is 16.8 Å². The van der Waals surface area contributed by atoms with Crippen LogP contribution in [0, 0.1) is 0 Å². The molecule has 39 heavy (non-hydrogen) atoms. The Morgan fingerprint density at radius 2 is 1.85 bits per heavy atom. The van der Waals surface area contributed by atoms with E-state index in [1.807, 2.05) is 59.3 Å². The van der Waals surface area contributed by atoms with Crippen LogP contribution in [0.3, 0.4) is 0 Å². The Bertz CT molecular complexity index is 1610. The van der Waals surface area contributed by atoms with E-state index < -0.39 is 0 Å². The number of carbonyl (C=O) groups excluding carboxylic acids is 1. The van der Waals surface area contributed by atoms with Crippen molar-refractivity contribution in [2.24, 2.45) is 0 Å². The SMILES string of the molecule is O=C(NCCN1CCCC1)c1cn2c3c(c(N4CCC(c5ccccn5)C4)ccc3c1=O)Oc1ccccc1-2. The van der Waals surface area contributed by atoms with Gasteiger partial charge in [-0.05, 0) is 68.8 Å². The summed E-state index contributed by atoms with van der Waals surface area (Å²) >= 11 is 0. The second-order valence-corrected chi connectivity index (χ2v) is 10.6. The molecule has 3 aliphatic rings. The Balaban J connectivity index is 1.26. The summed E-state index contributed by atoms with van der Waals surface area (Å²) in [6.07, 6.45) is 6.93. The lowest BCUT2D eigenvalue weighted by atomic mass is 10.0. The summed E-state index contributed by atoms with van der Waals surface area (Å²) in [6, 6.07) is 17.6. The average molecular weight is 522 g/mol. The highest BCUT2D eigenvalue weighted by molar-refractivity contribution is 6.01. The molecule has 0 bridgehead atoms. The number of ether oxygens (including phenoxy) is 1. The maximum Gasteiger partial charge on any atom is 0.256 e. The summed E-state index contributed by atoms with van der Waals surface area (Å²) in [5, 5.41) is 3.46.